The van der Waals surface area contributed by atoms with Gasteiger partial charge in [0.15, 0.2) is 0 Å². The predicted octanol–water partition coefficient (Wildman–Crippen LogP) is 2.01. The third-order valence-corrected chi connectivity index (χ3v) is 1.73. The molecule has 0 saturated carbocycles. The summed E-state index contributed by atoms with van der Waals surface area (Å²) in [5.74, 6) is -0.00796. The number of phenols is 1. The molecule has 2 aromatic rings. The Bertz CT molecular complexity index is 465. The maximum atomic E-state index is 9.26. The summed E-state index contributed by atoms with van der Waals surface area (Å²) in [6, 6.07) is 6.65. The Morgan fingerprint density at radius 2 is 2.17 bits per heavy atom. The van der Waals surface area contributed by atoms with Gasteiger partial charge in [-0.25, -0.2) is 0 Å². The molecule has 0 bridgehead atoms. The summed E-state index contributed by atoms with van der Waals surface area (Å²) in [6.07, 6.45) is 1.49. The molecule has 58 valence electrons. The normalized spacial score (nSPS) is 9.92. The van der Waals surface area contributed by atoms with Crippen molar-refractivity contribution in [1.29, 1.82) is 5.26 Å². The molecule has 0 radical (unpaired) electrons. The molecule has 0 aliphatic carbocycles. The molecular weight excluding hydrogens is 154 g/mol. The fourth-order valence-electron chi connectivity index (χ4n) is 1.15. The minimum Gasteiger partial charge on any atom is -0.507 e. The highest BCUT2D eigenvalue weighted by molar-refractivity contribution is 5.85. The minimum atomic E-state index is -0.00796. The summed E-state index contributed by atoms with van der Waals surface area (Å²) in [4.78, 5) is 0. The monoisotopic (exact) mass is 159 g/mol. The fourth-order valence-corrected chi connectivity index (χ4v) is 1.15. The predicted molar refractivity (Wildman–Crippen MR) is 42.6 cm³/mol. The molecule has 0 atom stereocenters. The van der Waals surface area contributed by atoms with Crippen LogP contribution >= 0.6 is 0 Å². The van der Waals surface area contributed by atoms with E-state index in [2.05, 4.69) is 0 Å². The van der Waals surface area contributed by atoms with E-state index in [9.17, 15) is 5.11 Å². The van der Waals surface area contributed by atoms with Crippen LogP contribution < -0.4 is 0 Å². The van der Waals surface area contributed by atoms with Crippen molar-refractivity contribution in [2.45, 2.75) is 0 Å². The maximum Gasteiger partial charge on any atom is 0.135 e. The van der Waals surface area contributed by atoms with E-state index < -0.39 is 0 Å². The van der Waals surface area contributed by atoms with Gasteiger partial charge < -0.3 is 9.52 Å². The lowest BCUT2D eigenvalue weighted by atomic mass is 10.1. The van der Waals surface area contributed by atoms with Gasteiger partial charge in [-0.1, -0.05) is 0 Å². The molecule has 12 heavy (non-hydrogen) atoms. The van der Waals surface area contributed by atoms with Crippen LogP contribution in [0.15, 0.2) is 28.9 Å². The Morgan fingerprint density at radius 1 is 1.33 bits per heavy atom. The first-order valence-electron chi connectivity index (χ1n) is 3.42. The van der Waals surface area contributed by atoms with Crippen molar-refractivity contribution in [2.75, 3.05) is 0 Å². The SMILES string of the molecule is N#Cc1c(O)ccc2occc12. The van der Waals surface area contributed by atoms with Crippen molar-refractivity contribution in [1.82, 2.24) is 0 Å². The van der Waals surface area contributed by atoms with Crippen LogP contribution in [-0.4, -0.2) is 5.11 Å². The van der Waals surface area contributed by atoms with E-state index in [1.54, 1.807) is 12.1 Å². The van der Waals surface area contributed by atoms with Crippen LogP contribution in [0.2, 0.25) is 0 Å². The van der Waals surface area contributed by atoms with Crippen LogP contribution in [0.4, 0.5) is 0 Å². The lowest BCUT2D eigenvalue weighted by Crippen LogP contribution is -1.76. The molecule has 0 amide bonds. The van der Waals surface area contributed by atoms with Gasteiger partial charge >= 0.3 is 0 Å². The zero-order valence-electron chi connectivity index (χ0n) is 6.11. The summed E-state index contributed by atoms with van der Waals surface area (Å²) >= 11 is 0. The minimum absolute atomic E-state index is 0.00796. The number of fused-ring (bicyclic) bond motifs is 1. The van der Waals surface area contributed by atoms with E-state index >= 15 is 0 Å². The fraction of sp³-hybridized carbons (Fsp3) is 0. The van der Waals surface area contributed by atoms with Crippen molar-refractivity contribution < 1.29 is 9.52 Å². The number of nitrogens with zero attached hydrogens (tertiary/aromatic N) is 1. The van der Waals surface area contributed by atoms with Gasteiger partial charge in [-0.3, -0.25) is 0 Å². The van der Waals surface area contributed by atoms with Gasteiger partial charge in [-0.2, -0.15) is 5.26 Å². The maximum absolute atomic E-state index is 9.26. The molecule has 1 N–H and O–H groups in total. The van der Waals surface area contributed by atoms with Gasteiger partial charge in [0.2, 0.25) is 0 Å². The molecule has 1 aromatic carbocycles. The van der Waals surface area contributed by atoms with Crippen LogP contribution in [0.3, 0.4) is 0 Å². The molecule has 0 saturated heterocycles. The standard InChI is InChI=1S/C9H5NO2/c10-5-7-6-3-4-12-9(6)2-1-8(7)11/h1-4,11H. The first-order valence-corrected chi connectivity index (χ1v) is 3.42. The summed E-state index contributed by atoms with van der Waals surface area (Å²) in [6.45, 7) is 0. The number of aromatic hydroxyl groups is 1. The summed E-state index contributed by atoms with van der Waals surface area (Å²) < 4.78 is 5.05. The molecule has 0 aliphatic rings. The Labute approximate surface area is 68.5 Å². The molecule has 0 fully saturated rings. The third-order valence-electron chi connectivity index (χ3n) is 1.73. The first-order chi connectivity index (χ1) is 5.83. The Hall–Kier alpha value is -1.95. The Kier molecular flexibility index (Phi) is 1.28. The van der Waals surface area contributed by atoms with Crippen molar-refractivity contribution in [3.8, 4) is 11.8 Å². The lowest BCUT2D eigenvalue weighted by Gasteiger charge is -1.94. The number of furan rings is 1. The summed E-state index contributed by atoms with van der Waals surface area (Å²) in [5.41, 5.74) is 0.880. The van der Waals surface area contributed by atoms with Crippen LogP contribution in [0, 0.1) is 11.3 Å². The highest BCUT2D eigenvalue weighted by Crippen LogP contribution is 2.26. The highest BCUT2D eigenvalue weighted by Gasteiger charge is 2.06. The van der Waals surface area contributed by atoms with Crippen molar-refractivity contribution in [3.63, 3.8) is 0 Å². The zero-order valence-corrected chi connectivity index (χ0v) is 6.11. The van der Waals surface area contributed by atoms with Gasteiger partial charge in [0.05, 0.1) is 6.26 Å². The number of hydrogen-bond donors (Lipinski definition) is 1. The van der Waals surface area contributed by atoms with Crippen LogP contribution in [0.5, 0.6) is 5.75 Å². The molecule has 3 nitrogen and oxygen atoms in total. The van der Waals surface area contributed by atoms with Crippen LogP contribution in [0.25, 0.3) is 11.0 Å². The van der Waals surface area contributed by atoms with Crippen molar-refractivity contribution in [3.05, 3.63) is 30.0 Å². The van der Waals surface area contributed by atoms with E-state index in [-0.39, 0.29) is 11.3 Å². The lowest BCUT2D eigenvalue weighted by molar-refractivity contribution is 0.474. The molecular formula is C9H5NO2. The molecule has 0 spiro atoms. The topological polar surface area (TPSA) is 57.2 Å². The Balaban J connectivity index is 2.94. The number of benzene rings is 1. The second-order valence-corrected chi connectivity index (χ2v) is 2.40. The smallest absolute Gasteiger partial charge is 0.135 e. The summed E-state index contributed by atoms with van der Waals surface area (Å²) in [5, 5.41) is 18.6. The van der Waals surface area contributed by atoms with E-state index in [0.717, 1.165) is 0 Å². The first kappa shape index (κ1) is 6.74. The van der Waals surface area contributed by atoms with E-state index in [0.29, 0.717) is 11.0 Å². The van der Waals surface area contributed by atoms with E-state index in [1.165, 1.54) is 12.3 Å². The average Bonchev–Trinajstić information content (AvgIpc) is 2.52. The molecule has 1 aromatic heterocycles. The summed E-state index contributed by atoms with van der Waals surface area (Å²) in [7, 11) is 0. The molecule has 0 unspecified atom stereocenters. The quantitative estimate of drug-likeness (QED) is 0.639. The van der Waals surface area contributed by atoms with Crippen molar-refractivity contribution >= 4 is 11.0 Å². The molecule has 3 heteroatoms. The number of phenolic OH excluding ortho intramolecular Hbond substituents is 1. The van der Waals surface area contributed by atoms with E-state index in [4.69, 9.17) is 9.68 Å². The number of nitriles is 1. The van der Waals surface area contributed by atoms with Gasteiger partial charge in [0, 0.05) is 5.39 Å². The van der Waals surface area contributed by atoms with Gasteiger partial charge in [0.25, 0.3) is 0 Å². The molecule has 1 heterocycles. The number of rotatable bonds is 0. The van der Waals surface area contributed by atoms with Crippen LogP contribution in [-0.2, 0) is 0 Å². The largest absolute Gasteiger partial charge is 0.507 e. The molecule has 0 aliphatic heterocycles. The second-order valence-electron chi connectivity index (χ2n) is 2.40. The Morgan fingerprint density at radius 3 is 2.92 bits per heavy atom. The van der Waals surface area contributed by atoms with E-state index in [1.807, 2.05) is 6.07 Å². The average molecular weight is 159 g/mol. The third kappa shape index (κ3) is 0.753. The van der Waals surface area contributed by atoms with Gasteiger partial charge in [0.1, 0.15) is 23.0 Å². The molecule has 2 rings (SSSR count). The van der Waals surface area contributed by atoms with Crippen LogP contribution in [0.1, 0.15) is 5.56 Å². The second kappa shape index (κ2) is 2.28. The zero-order chi connectivity index (χ0) is 8.55. The number of hydrogen-bond acceptors (Lipinski definition) is 3. The van der Waals surface area contributed by atoms with Gasteiger partial charge in [-0.15, -0.1) is 0 Å². The highest BCUT2D eigenvalue weighted by atomic mass is 16.3. The van der Waals surface area contributed by atoms with Crippen molar-refractivity contribution in [2.24, 2.45) is 0 Å². The van der Waals surface area contributed by atoms with Gasteiger partial charge in [-0.05, 0) is 18.2 Å².